The maximum absolute atomic E-state index is 12.9. The largest absolute Gasteiger partial charge is 0.431 e. The Morgan fingerprint density at radius 3 is 2.52 bits per heavy atom. The number of alkyl halides is 2. The number of piperidine rings is 1. The van der Waals surface area contributed by atoms with Crippen molar-refractivity contribution in [1.82, 2.24) is 15.0 Å². The van der Waals surface area contributed by atoms with E-state index in [1.54, 1.807) is 6.20 Å². The molecule has 2 aromatic rings. The second kappa shape index (κ2) is 8.04. The Kier molecular flexibility index (Phi) is 5.12. The summed E-state index contributed by atoms with van der Waals surface area (Å²) in [6.45, 7) is -1.45. The van der Waals surface area contributed by atoms with Gasteiger partial charge in [-0.05, 0) is 63.4 Å². The highest BCUT2D eigenvalue weighted by Crippen LogP contribution is 2.51. The Bertz CT molecular complexity index is 1020. The van der Waals surface area contributed by atoms with Gasteiger partial charge in [-0.1, -0.05) is 0 Å². The van der Waals surface area contributed by atoms with Crippen LogP contribution in [0.5, 0.6) is 5.75 Å². The highest BCUT2D eigenvalue weighted by atomic mass is 19.3. The molecule has 176 valence electrons. The van der Waals surface area contributed by atoms with Gasteiger partial charge in [0.05, 0.1) is 24.4 Å². The van der Waals surface area contributed by atoms with Crippen LogP contribution in [0.25, 0.3) is 11.3 Å². The average Bonchev–Trinajstić information content (AvgIpc) is 2.86. The van der Waals surface area contributed by atoms with E-state index in [-0.39, 0.29) is 23.1 Å². The molecular weight excluding hydrogens is 428 g/mol. The summed E-state index contributed by atoms with van der Waals surface area (Å²) in [6.07, 6.45) is 11.0. The third kappa shape index (κ3) is 3.80. The number of hydrogen-bond donors (Lipinski definition) is 1. The number of aromatic nitrogens is 3. The molecule has 8 rings (SSSR count). The van der Waals surface area contributed by atoms with Crippen LogP contribution >= 0.6 is 0 Å². The first-order valence-electron chi connectivity index (χ1n) is 12.0. The highest BCUT2D eigenvalue weighted by Gasteiger charge is 2.44. The number of pyridine rings is 1. The minimum absolute atomic E-state index is 0.00560. The van der Waals surface area contributed by atoms with Crippen molar-refractivity contribution < 1.29 is 18.3 Å². The van der Waals surface area contributed by atoms with Crippen LogP contribution in [-0.4, -0.2) is 46.9 Å². The van der Waals surface area contributed by atoms with E-state index < -0.39 is 6.61 Å². The molecule has 2 atom stereocenters. The maximum Gasteiger partial charge on any atom is 0.387 e. The normalized spacial score (nSPS) is 30.8. The Balaban J connectivity index is 1.44. The molecule has 7 nitrogen and oxygen atoms in total. The van der Waals surface area contributed by atoms with Crippen molar-refractivity contribution in [2.24, 2.45) is 5.92 Å². The fourth-order valence-corrected chi connectivity index (χ4v) is 6.17. The van der Waals surface area contributed by atoms with Gasteiger partial charge >= 0.3 is 6.61 Å². The Morgan fingerprint density at radius 1 is 1.09 bits per heavy atom. The minimum Gasteiger partial charge on any atom is -0.431 e. The van der Waals surface area contributed by atoms with Gasteiger partial charge in [-0.3, -0.25) is 0 Å². The molecule has 3 saturated carbocycles. The molecule has 33 heavy (non-hydrogen) atoms. The van der Waals surface area contributed by atoms with Crippen molar-refractivity contribution in [3.8, 4) is 17.0 Å². The van der Waals surface area contributed by atoms with E-state index in [0.717, 1.165) is 56.2 Å². The van der Waals surface area contributed by atoms with Gasteiger partial charge in [0.1, 0.15) is 11.6 Å². The molecule has 9 heteroatoms. The maximum atomic E-state index is 12.9. The molecule has 0 unspecified atom stereocenters. The van der Waals surface area contributed by atoms with Crippen LogP contribution in [0, 0.1) is 5.92 Å². The van der Waals surface area contributed by atoms with E-state index in [4.69, 9.17) is 20.4 Å². The Morgan fingerprint density at radius 2 is 1.88 bits per heavy atom. The van der Waals surface area contributed by atoms with Crippen LogP contribution in [0.1, 0.15) is 57.2 Å². The lowest BCUT2D eigenvalue weighted by molar-refractivity contribution is -0.0494. The second-order valence-electron chi connectivity index (χ2n) is 10.0. The summed E-state index contributed by atoms with van der Waals surface area (Å²) in [6, 6.07) is 3.76. The molecule has 5 heterocycles. The molecule has 3 aliphatic heterocycles. The summed E-state index contributed by atoms with van der Waals surface area (Å²) in [5, 5.41) is 0. The number of hydrogen-bond acceptors (Lipinski definition) is 7. The van der Waals surface area contributed by atoms with Crippen LogP contribution in [0.4, 0.5) is 20.4 Å². The summed E-state index contributed by atoms with van der Waals surface area (Å²) >= 11 is 0. The third-order valence-corrected chi connectivity index (χ3v) is 8.16. The quantitative estimate of drug-likeness (QED) is 0.716. The van der Waals surface area contributed by atoms with Gasteiger partial charge < -0.3 is 20.1 Å². The number of nitrogens with two attached hydrogens (primary N) is 1. The molecule has 3 saturated heterocycles. The van der Waals surface area contributed by atoms with Gasteiger partial charge in [0.25, 0.3) is 0 Å². The number of ether oxygens (including phenoxy) is 2. The van der Waals surface area contributed by atoms with Gasteiger partial charge in [0, 0.05) is 29.8 Å². The van der Waals surface area contributed by atoms with Crippen molar-refractivity contribution in [3.05, 3.63) is 24.2 Å². The van der Waals surface area contributed by atoms with E-state index in [0.29, 0.717) is 23.9 Å². The first-order valence-corrected chi connectivity index (χ1v) is 12.0. The van der Waals surface area contributed by atoms with Crippen LogP contribution in [0.15, 0.2) is 18.3 Å². The van der Waals surface area contributed by atoms with Crippen molar-refractivity contribution in [2.45, 2.75) is 75.5 Å². The highest BCUT2D eigenvalue weighted by molar-refractivity contribution is 5.67. The summed E-state index contributed by atoms with van der Waals surface area (Å²) in [7, 11) is 0. The molecule has 2 N–H and O–H groups in total. The average molecular weight is 458 g/mol. The number of fused-ring (bicyclic) bond motifs is 6. The van der Waals surface area contributed by atoms with E-state index in [1.165, 1.54) is 25.3 Å². The SMILES string of the molecule is Nc1ncc(-c2cc(N3C[C@@H]4CC[C@H]3CO4)nc(C34CCC(CC3)CC4)n2)cc1OC(F)F. The summed E-state index contributed by atoms with van der Waals surface area (Å²) < 4.78 is 36.3. The predicted octanol–water partition coefficient (Wildman–Crippen LogP) is 4.31. The molecule has 0 aromatic carbocycles. The Hall–Kier alpha value is -2.55. The lowest BCUT2D eigenvalue weighted by Crippen LogP contribution is -2.55. The van der Waals surface area contributed by atoms with Gasteiger partial charge in [-0.25, -0.2) is 15.0 Å². The van der Waals surface area contributed by atoms with Crippen molar-refractivity contribution in [2.75, 3.05) is 23.8 Å². The number of anilines is 2. The van der Waals surface area contributed by atoms with Crippen LogP contribution < -0.4 is 15.4 Å². The molecule has 0 amide bonds. The number of rotatable bonds is 5. The van der Waals surface area contributed by atoms with Crippen molar-refractivity contribution in [3.63, 3.8) is 0 Å². The van der Waals surface area contributed by atoms with Crippen molar-refractivity contribution >= 4 is 11.6 Å². The monoisotopic (exact) mass is 457 g/mol. The van der Waals surface area contributed by atoms with Crippen molar-refractivity contribution in [1.29, 1.82) is 0 Å². The zero-order valence-corrected chi connectivity index (χ0v) is 18.6. The lowest BCUT2D eigenvalue weighted by Gasteiger charge is -2.47. The van der Waals surface area contributed by atoms with E-state index in [9.17, 15) is 8.78 Å². The minimum atomic E-state index is -2.97. The molecule has 6 aliphatic rings. The van der Waals surface area contributed by atoms with Gasteiger partial charge in [-0.15, -0.1) is 0 Å². The number of nitrogens with zero attached hydrogens (tertiary/aromatic N) is 4. The number of morpholine rings is 1. The van der Waals surface area contributed by atoms with Crippen LogP contribution in [0.3, 0.4) is 0 Å². The molecule has 3 aliphatic carbocycles. The van der Waals surface area contributed by atoms with Crippen LogP contribution in [-0.2, 0) is 10.2 Å². The molecule has 4 bridgehead atoms. The predicted molar refractivity (Wildman–Crippen MR) is 119 cm³/mol. The molecule has 0 radical (unpaired) electrons. The number of halogens is 2. The third-order valence-electron chi connectivity index (χ3n) is 8.16. The smallest absolute Gasteiger partial charge is 0.387 e. The zero-order chi connectivity index (χ0) is 22.6. The molecular formula is C24H29F2N5O2. The lowest BCUT2D eigenvalue weighted by atomic mass is 9.60. The molecule has 2 aromatic heterocycles. The van der Waals surface area contributed by atoms with Gasteiger partial charge in [0.2, 0.25) is 0 Å². The van der Waals surface area contributed by atoms with E-state index in [2.05, 4.69) is 14.6 Å². The van der Waals surface area contributed by atoms with Gasteiger partial charge in [-0.2, -0.15) is 8.78 Å². The van der Waals surface area contributed by atoms with Gasteiger partial charge in [0.15, 0.2) is 11.6 Å². The topological polar surface area (TPSA) is 86.4 Å². The van der Waals surface area contributed by atoms with Crippen LogP contribution in [0.2, 0.25) is 0 Å². The molecule has 0 spiro atoms. The second-order valence-corrected chi connectivity index (χ2v) is 10.0. The fourth-order valence-electron chi connectivity index (χ4n) is 6.17. The zero-order valence-electron chi connectivity index (χ0n) is 18.6. The summed E-state index contributed by atoms with van der Waals surface area (Å²) in [5.41, 5.74) is 7.04. The fraction of sp³-hybridized carbons (Fsp3) is 0.625. The molecule has 6 fully saturated rings. The summed E-state index contributed by atoms with van der Waals surface area (Å²) in [5.74, 6) is 2.40. The number of nitrogen functional groups attached to an aromatic ring is 1. The van der Waals surface area contributed by atoms with E-state index >= 15 is 0 Å². The standard InChI is InChI=1S/C24H29F2N5O2/c25-23(26)33-19-9-15(11-28-21(19)27)18-10-20(31-12-17-2-1-16(31)13-32-17)30-22(29-18)24-6-3-14(4-7-24)5-8-24/h9-11,14,16-17,23H,1-8,12-13H2,(H2,27,28)/t14?,16-,17-,24?/m0/s1. The first-order chi connectivity index (χ1) is 16.0. The summed E-state index contributed by atoms with van der Waals surface area (Å²) in [4.78, 5) is 16.6. The first kappa shape index (κ1) is 21.0. The Labute approximate surface area is 191 Å². The van der Waals surface area contributed by atoms with E-state index in [1.807, 2.05) is 6.07 Å².